The van der Waals surface area contributed by atoms with Crippen molar-refractivity contribution in [3.63, 3.8) is 0 Å². The fourth-order valence-electron chi connectivity index (χ4n) is 8.52. The number of nitrogens with zero attached hydrogens (tertiary/aromatic N) is 1. The van der Waals surface area contributed by atoms with Crippen molar-refractivity contribution >= 4 is 33.2 Å². The van der Waals surface area contributed by atoms with E-state index in [1.54, 1.807) is 13.2 Å². The Labute approximate surface area is 285 Å². The highest BCUT2D eigenvalue weighted by Crippen LogP contribution is 2.47. The molecular formula is C37H49ClN2O6S. The molecule has 6 atom stereocenters. The van der Waals surface area contributed by atoms with Gasteiger partial charge in [-0.25, -0.2) is 13.1 Å². The van der Waals surface area contributed by atoms with Crippen molar-refractivity contribution in [2.24, 2.45) is 23.7 Å². The fraction of sp³-hybridized carbons (Fsp3) is 0.595. The van der Waals surface area contributed by atoms with Crippen molar-refractivity contribution in [2.45, 2.75) is 76.1 Å². The molecular weight excluding hydrogens is 636 g/mol. The van der Waals surface area contributed by atoms with Crippen molar-refractivity contribution < 1.29 is 27.4 Å². The minimum Gasteiger partial charge on any atom is -0.490 e. The summed E-state index contributed by atoms with van der Waals surface area (Å²) in [4.78, 5) is 16.1. The van der Waals surface area contributed by atoms with Crippen molar-refractivity contribution in [2.75, 3.05) is 44.9 Å². The molecule has 1 spiro atoms. The molecule has 2 aromatic carbocycles. The molecule has 256 valence electrons. The lowest BCUT2D eigenvalue weighted by molar-refractivity contribution is -0.0309. The highest BCUT2D eigenvalue weighted by Gasteiger charge is 2.45. The average Bonchev–Trinajstić information content (AvgIpc) is 3.15. The van der Waals surface area contributed by atoms with Crippen LogP contribution in [0.25, 0.3) is 0 Å². The van der Waals surface area contributed by atoms with Crippen LogP contribution in [-0.2, 0) is 31.3 Å². The lowest BCUT2D eigenvalue weighted by Crippen LogP contribution is -2.49. The Morgan fingerprint density at radius 2 is 1.98 bits per heavy atom. The van der Waals surface area contributed by atoms with Gasteiger partial charge in [-0.1, -0.05) is 50.6 Å². The molecule has 0 saturated heterocycles. The molecule has 0 aromatic heterocycles. The van der Waals surface area contributed by atoms with Gasteiger partial charge in [0.2, 0.25) is 10.0 Å². The fourth-order valence-corrected chi connectivity index (χ4v) is 10.7. The van der Waals surface area contributed by atoms with E-state index >= 15 is 0 Å². The highest BCUT2D eigenvalue weighted by atomic mass is 35.5. The van der Waals surface area contributed by atoms with Crippen LogP contribution >= 0.6 is 11.6 Å². The molecule has 4 aliphatic rings. The van der Waals surface area contributed by atoms with Crippen molar-refractivity contribution in [1.29, 1.82) is 0 Å². The minimum atomic E-state index is -3.97. The molecule has 2 bridgehead atoms. The van der Waals surface area contributed by atoms with Crippen LogP contribution in [-0.4, -0.2) is 65.7 Å². The summed E-state index contributed by atoms with van der Waals surface area (Å²) in [6.45, 7) is 8.75. The zero-order valence-corrected chi connectivity index (χ0v) is 29.6. The monoisotopic (exact) mass is 684 g/mol. The van der Waals surface area contributed by atoms with E-state index in [1.807, 2.05) is 39.0 Å². The van der Waals surface area contributed by atoms with Crippen LogP contribution in [0.4, 0.5) is 5.69 Å². The van der Waals surface area contributed by atoms with E-state index in [-0.39, 0.29) is 23.4 Å². The largest absolute Gasteiger partial charge is 0.490 e. The normalized spacial score (nSPS) is 31.1. The number of anilines is 1. The SMILES string of the molecule is COCCO[C@H]1/C=C/C[C@H](C)[C@H](C(C)C)S(=O)(=O)NC(=O)c2ccc3c(c2)N(C[C@@H]2CC[C@H]21)C[C@@]1(CCCc2cc(Cl)ccc21)CO3. The molecule has 6 rings (SSSR count). The van der Waals surface area contributed by atoms with Gasteiger partial charge in [0.15, 0.2) is 0 Å². The summed E-state index contributed by atoms with van der Waals surface area (Å²) < 4.78 is 48.3. The topological polar surface area (TPSA) is 94.2 Å². The predicted molar refractivity (Wildman–Crippen MR) is 186 cm³/mol. The third-order valence-electron chi connectivity index (χ3n) is 10.9. The summed E-state index contributed by atoms with van der Waals surface area (Å²) >= 11 is 6.44. The van der Waals surface area contributed by atoms with Gasteiger partial charge < -0.3 is 19.1 Å². The van der Waals surface area contributed by atoms with Gasteiger partial charge >= 0.3 is 0 Å². The van der Waals surface area contributed by atoms with Crippen LogP contribution in [0.15, 0.2) is 48.6 Å². The van der Waals surface area contributed by atoms with Crippen LogP contribution < -0.4 is 14.4 Å². The molecule has 47 heavy (non-hydrogen) atoms. The number of sulfonamides is 1. The Kier molecular flexibility index (Phi) is 10.3. The summed E-state index contributed by atoms with van der Waals surface area (Å²) in [5, 5.41) is 0.00179. The Morgan fingerprint density at radius 1 is 1.15 bits per heavy atom. The summed E-state index contributed by atoms with van der Waals surface area (Å²) in [6.07, 6.45) is 9.81. The Bertz CT molecular complexity index is 1600. The lowest BCUT2D eigenvalue weighted by Gasteiger charge is -2.46. The second-order valence-electron chi connectivity index (χ2n) is 14.4. The maximum Gasteiger partial charge on any atom is 0.264 e. The summed E-state index contributed by atoms with van der Waals surface area (Å²) in [6, 6.07) is 11.6. The van der Waals surface area contributed by atoms with Crippen molar-refractivity contribution in [1.82, 2.24) is 4.72 Å². The minimum absolute atomic E-state index is 0.0987. The number of nitrogens with one attached hydrogen (secondary N) is 1. The number of ether oxygens (including phenoxy) is 3. The molecule has 1 saturated carbocycles. The first-order chi connectivity index (χ1) is 22.5. The van der Waals surface area contributed by atoms with E-state index in [1.165, 1.54) is 11.1 Å². The average molecular weight is 685 g/mol. The molecule has 1 N–H and O–H groups in total. The molecule has 1 fully saturated rings. The summed E-state index contributed by atoms with van der Waals surface area (Å²) in [7, 11) is -2.30. The molecule has 1 amide bonds. The van der Waals surface area contributed by atoms with E-state index in [4.69, 9.17) is 25.8 Å². The van der Waals surface area contributed by atoms with Crippen molar-refractivity contribution in [3.05, 3.63) is 70.3 Å². The Balaban J connectivity index is 1.42. The number of fused-ring (bicyclic) bond motifs is 4. The number of carbonyl (C=O) groups excluding carboxylic acids is 1. The van der Waals surface area contributed by atoms with E-state index in [2.05, 4.69) is 33.9 Å². The van der Waals surface area contributed by atoms with Gasteiger partial charge in [-0.15, -0.1) is 0 Å². The molecule has 2 heterocycles. The third-order valence-corrected chi connectivity index (χ3v) is 13.3. The number of allylic oxidation sites excluding steroid dienone is 1. The Hall–Kier alpha value is -2.59. The molecule has 2 aliphatic heterocycles. The van der Waals surface area contributed by atoms with E-state index in [9.17, 15) is 13.2 Å². The summed E-state index contributed by atoms with van der Waals surface area (Å²) in [5.41, 5.74) is 3.43. The maximum atomic E-state index is 13.8. The van der Waals surface area contributed by atoms with E-state index < -0.39 is 21.2 Å². The zero-order chi connectivity index (χ0) is 33.3. The number of hydrogen-bond donors (Lipinski definition) is 1. The van der Waals surface area contributed by atoms with E-state index in [0.29, 0.717) is 49.4 Å². The molecule has 0 radical (unpaired) electrons. The number of methoxy groups -OCH3 is 1. The van der Waals surface area contributed by atoms with Gasteiger partial charge in [0.05, 0.1) is 36.9 Å². The number of halogens is 1. The number of rotatable bonds is 5. The molecule has 10 heteroatoms. The van der Waals surface area contributed by atoms with Crippen LogP contribution in [0.3, 0.4) is 0 Å². The van der Waals surface area contributed by atoms with Crippen LogP contribution in [0.5, 0.6) is 5.75 Å². The quantitative estimate of drug-likeness (QED) is 0.282. The second-order valence-corrected chi connectivity index (χ2v) is 16.7. The molecule has 2 aliphatic carbocycles. The van der Waals surface area contributed by atoms with Gasteiger partial charge in [0.25, 0.3) is 5.91 Å². The Morgan fingerprint density at radius 3 is 2.72 bits per heavy atom. The number of amides is 1. The van der Waals surface area contributed by atoms with Gasteiger partial charge in [-0.3, -0.25) is 4.79 Å². The van der Waals surface area contributed by atoms with Crippen molar-refractivity contribution in [3.8, 4) is 5.75 Å². The standard InChI is InChI=1S/C37H49ClN2O6S/c1-24(2)35-25(3)7-5-9-33(45-18-17-44-4)30-13-10-28(30)21-40-22-37(16-6-8-26-19-29(38)12-14-31(26)37)23-46-34-15-11-27(20-32(34)40)36(41)39-47(35,42)43/h5,9,11-12,14-15,19-20,24-25,28,30,33,35H,6-8,10,13,16-18,21-23H2,1-4H3,(H,39,41)/b9-5+/t25-,28-,30+,33-,35-,37-/m0/s1. The predicted octanol–water partition coefficient (Wildman–Crippen LogP) is 6.55. The van der Waals surface area contributed by atoms with Gasteiger partial charge in [-0.05, 0) is 104 Å². The van der Waals surface area contributed by atoms with Gasteiger partial charge in [-0.2, -0.15) is 0 Å². The molecule has 0 unspecified atom stereocenters. The van der Waals surface area contributed by atoms with Gasteiger partial charge in [0, 0.05) is 36.2 Å². The first-order valence-corrected chi connectivity index (χ1v) is 19.1. The van der Waals surface area contributed by atoms with Crippen LogP contribution in [0, 0.1) is 23.7 Å². The second kappa shape index (κ2) is 14.1. The number of aryl methyl sites for hydroxylation is 1. The summed E-state index contributed by atoms with van der Waals surface area (Å²) in [5.74, 6) is 0.381. The number of carbonyl (C=O) groups is 1. The first-order valence-electron chi connectivity index (χ1n) is 17.2. The number of hydrogen-bond acceptors (Lipinski definition) is 7. The van der Waals surface area contributed by atoms with Crippen LogP contribution in [0.2, 0.25) is 5.02 Å². The van der Waals surface area contributed by atoms with Gasteiger partial charge in [0.1, 0.15) is 5.75 Å². The molecule has 8 nitrogen and oxygen atoms in total. The van der Waals surface area contributed by atoms with E-state index in [0.717, 1.165) is 55.9 Å². The number of benzene rings is 2. The van der Waals surface area contributed by atoms with Crippen LogP contribution in [0.1, 0.15) is 74.4 Å². The first kappa shape index (κ1) is 34.3. The lowest BCUT2D eigenvalue weighted by atomic mass is 9.68. The maximum absolute atomic E-state index is 13.8. The third kappa shape index (κ3) is 7.10. The smallest absolute Gasteiger partial charge is 0.264 e. The highest BCUT2D eigenvalue weighted by molar-refractivity contribution is 7.90. The molecule has 2 aromatic rings. The zero-order valence-electron chi connectivity index (χ0n) is 28.0.